The Hall–Kier alpha value is -1.97. The number of allylic oxidation sites excluding steroid dienone is 2. The quantitative estimate of drug-likeness (QED) is 0.127. The number of benzene rings is 1. The average Bonchev–Trinajstić information content (AvgIpc) is 3.17. The van der Waals surface area contributed by atoms with Gasteiger partial charge in [-0.1, -0.05) is 24.3 Å². The van der Waals surface area contributed by atoms with E-state index < -0.39 is 0 Å². The summed E-state index contributed by atoms with van der Waals surface area (Å²) in [6, 6.07) is 6.82. The van der Waals surface area contributed by atoms with Crippen molar-refractivity contribution in [1.82, 2.24) is 15.5 Å². The molecule has 1 heterocycles. The summed E-state index contributed by atoms with van der Waals surface area (Å²) in [4.78, 5) is 31.8. The molecule has 0 spiro atoms. The van der Waals surface area contributed by atoms with E-state index in [1.807, 2.05) is 13.0 Å². The fourth-order valence-electron chi connectivity index (χ4n) is 5.71. The van der Waals surface area contributed by atoms with Crippen LogP contribution in [-0.4, -0.2) is 48.9 Å². The number of hydrogen-bond acceptors (Lipinski definition) is 3. The molecule has 4 atom stereocenters. The zero-order valence-corrected chi connectivity index (χ0v) is 21.3. The van der Waals surface area contributed by atoms with Gasteiger partial charge in [-0.05, 0) is 62.1 Å². The molecule has 3 fully saturated rings. The molecule has 1 aliphatic heterocycles. The Labute approximate surface area is 211 Å². The maximum Gasteiger partial charge on any atom is 0.233 e. The van der Waals surface area contributed by atoms with E-state index >= 15 is 0 Å². The van der Waals surface area contributed by atoms with Gasteiger partial charge in [0.25, 0.3) is 0 Å². The van der Waals surface area contributed by atoms with E-state index in [4.69, 9.17) is 4.99 Å². The molecule has 0 radical (unpaired) electrons. The zero-order chi connectivity index (χ0) is 22.3. The number of fused-ring (bicyclic) bond motifs is 5. The molecule has 5 rings (SSSR count). The number of carbonyl (C=O) groups excluding carboxylic acids is 2. The summed E-state index contributed by atoms with van der Waals surface area (Å²) in [5.74, 6) is 0.806. The first-order valence-electron chi connectivity index (χ1n) is 11.8. The predicted molar refractivity (Wildman–Crippen MR) is 136 cm³/mol. The lowest BCUT2D eigenvalue weighted by atomic mass is 9.85. The van der Waals surface area contributed by atoms with Gasteiger partial charge < -0.3 is 10.6 Å². The molecule has 2 saturated carbocycles. The van der Waals surface area contributed by atoms with Gasteiger partial charge in [-0.15, -0.1) is 24.0 Å². The number of imide groups is 1. The zero-order valence-electron chi connectivity index (χ0n) is 18.9. The molecule has 4 aliphatic rings. The van der Waals surface area contributed by atoms with Crippen LogP contribution < -0.4 is 10.6 Å². The van der Waals surface area contributed by atoms with Crippen molar-refractivity contribution < 1.29 is 14.0 Å². The summed E-state index contributed by atoms with van der Waals surface area (Å²) < 4.78 is 13.6. The van der Waals surface area contributed by atoms with Gasteiger partial charge in [0.15, 0.2) is 5.96 Å². The summed E-state index contributed by atoms with van der Waals surface area (Å²) >= 11 is 0. The lowest BCUT2D eigenvalue weighted by Gasteiger charge is -2.18. The van der Waals surface area contributed by atoms with Crippen LogP contribution >= 0.6 is 24.0 Å². The molecule has 2 bridgehead atoms. The fourth-order valence-corrected chi connectivity index (χ4v) is 5.71. The molecule has 178 valence electrons. The SMILES string of the molecule is CCNC(=NCC1(c2cccc(F)c2)CC1)NCCCN1C(=O)C2C3C=CC(C3)C2C1=O.I. The molecular formula is C25H32FIN4O2. The molecule has 33 heavy (non-hydrogen) atoms. The van der Waals surface area contributed by atoms with Gasteiger partial charge in [0.1, 0.15) is 5.82 Å². The number of aliphatic imine (C=N–C) groups is 1. The first-order valence-corrected chi connectivity index (χ1v) is 11.8. The Morgan fingerprint density at radius 2 is 1.85 bits per heavy atom. The normalized spacial score (nSPS) is 28.7. The molecule has 6 nitrogen and oxygen atoms in total. The Morgan fingerprint density at radius 1 is 1.15 bits per heavy atom. The highest BCUT2D eigenvalue weighted by atomic mass is 127. The van der Waals surface area contributed by atoms with Crippen molar-refractivity contribution in [3.8, 4) is 0 Å². The van der Waals surface area contributed by atoms with Crippen LogP contribution in [0.25, 0.3) is 0 Å². The van der Waals surface area contributed by atoms with Crippen LogP contribution in [0, 0.1) is 29.5 Å². The van der Waals surface area contributed by atoms with Crippen molar-refractivity contribution in [2.24, 2.45) is 28.7 Å². The number of halogens is 2. The van der Waals surface area contributed by atoms with Crippen LogP contribution in [0.4, 0.5) is 4.39 Å². The first kappa shape index (κ1) is 24.2. The largest absolute Gasteiger partial charge is 0.357 e. The van der Waals surface area contributed by atoms with Crippen LogP contribution in [0.5, 0.6) is 0 Å². The monoisotopic (exact) mass is 566 g/mol. The minimum Gasteiger partial charge on any atom is -0.357 e. The third kappa shape index (κ3) is 4.55. The predicted octanol–water partition coefficient (Wildman–Crippen LogP) is 3.23. The molecule has 3 aliphatic carbocycles. The van der Waals surface area contributed by atoms with Gasteiger partial charge in [-0.3, -0.25) is 19.5 Å². The number of nitrogens with zero attached hydrogens (tertiary/aromatic N) is 2. The van der Waals surface area contributed by atoms with Gasteiger partial charge in [0, 0.05) is 25.0 Å². The fraction of sp³-hybridized carbons (Fsp3) is 0.560. The van der Waals surface area contributed by atoms with Gasteiger partial charge in [0.2, 0.25) is 11.8 Å². The molecule has 2 amide bonds. The molecule has 4 unspecified atom stereocenters. The number of amides is 2. The standard InChI is InChI=1S/C25H31FN4O2.HI/c1-2-27-24(29-15-25(9-10-25)18-5-3-6-19(26)14-18)28-11-4-12-30-22(31)20-16-7-8-17(13-16)21(20)23(30)32;/h3,5-8,14,16-17,20-21H,2,4,9-13,15H2,1H3,(H2,27,28,29);1H. The number of likely N-dealkylation sites (tertiary alicyclic amines) is 1. The second-order valence-electron chi connectivity index (χ2n) is 9.59. The van der Waals surface area contributed by atoms with Crippen LogP contribution in [0.1, 0.15) is 38.2 Å². The maximum atomic E-state index is 13.6. The maximum absolute atomic E-state index is 13.6. The van der Waals surface area contributed by atoms with E-state index in [1.165, 1.54) is 11.0 Å². The minimum atomic E-state index is -0.207. The van der Waals surface area contributed by atoms with Crippen molar-refractivity contribution in [3.63, 3.8) is 0 Å². The van der Waals surface area contributed by atoms with E-state index in [1.54, 1.807) is 12.1 Å². The van der Waals surface area contributed by atoms with Crippen LogP contribution in [-0.2, 0) is 15.0 Å². The van der Waals surface area contributed by atoms with Crippen molar-refractivity contribution in [3.05, 3.63) is 47.8 Å². The van der Waals surface area contributed by atoms with Gasteiger partial charge in [-0.2, -0.15) is 0 Å². The van der Waals surface area contributed by atoms with Gasteiger partial charge in [-0.25, -0.2) is 4.39 Å². The number of rotatable bonds is 8. The number of carbonyl (C=O) groups is 2. The Balaban J connectivity index is 0.00000259. The highest BCUT2D eigenvalue weighted by molar-refractivity contribution is 14.0. The molecular weight excluding hydrogens is 534 g/mol. The summed E-state index contributed by atoms with van der Waals surface area (Å²) in [5.41, 5.74) is 0.946. The molecule has 2 N–H and O–H groups in total. The molecule has 1 aromatic carbocycles. The van der Waals surface area contributed by atoms with Crippen molar-refractivity contribution >= 4 is 41.8 Å². The number of guanidine groups is 1. The topological polar surface area (TPSA) is 73.8 Å². The summed E-state index contributed by atoms with van der Waals surface area (Å²) in [5, 5.41) is 6.57. The van der Waals surface area contributed by atoms with E-state index in [9.17, 15) is 14.0 Å². The lowest BCUT2D eigenvalue weighted by Crippen LogP contribution is -2.40. The summed E-state index contributed by atoms with van der Waals surface area (Å²) in [6.07, 6.45) is 7.91. The Bertz CT molecular complexity index is 947. The second-order valence-corrected chi connectivity index (χ2v) is 9.59. The molecule has 1 saturated heterocycles. The Kier molecular flexibility index (Phi) is 7.12. The smallest absolute Gasteiger partial charge is 0.233 e. The summed E-state index contributed by atoms with van der Waals surface area (Å²) in [7, 11) is 0. The highest BCUT2D eigenvalue weighted by Gasteiger charge is 2.58. The van der Waals surface area contributed by atoms with E-state index in [2.05, 4.69) is 22.8 Å². The minimum absolute atomic E-state index is 0. The Morgan fingerprint density at radius 3 is 2.45 bits per heavy atom. The van der Waals surface area contributed by atoms with Crippen LogP contribution in [0.2, 0.25) is 0 Å². The molecule has 0 aromatic heterocycles. The number of hydrogen-bond donors (Lipinski definition) is 2. The molecule has 1 aromatic rings. The third-order valence-electron chi connectivity index (χ3n) is 7.59. The second kappa shape index (κ2) is 9.72. The van der Waals surface area contributed by atoms with Gasteiger partial charge in [0.05, 0.1) is 18.4 Å². The lowest BCUT2D eigenvalue weighted by molar-refractivity contribution is -0.140. The number of nitrogens with one attached hydrogen (secondary N) is 2. The third-order valence-corrected chi connectivity index (χ3v) is 7.59. The van der Waals surface area contributed by atoms with Crippen LogP contribution in [0.3, 0.4) is 0 Å². The van der Waals surface area contributed by atoms with Crippen molar-refractivity contribution in [1.29, 1.82) is 0 Å². The van der Waals surface area contributed by atoms with E-state index in [-0.39, 0.29) is 70.7 Å². The first-order chi connectivity index (χ1) is 15.5. The van der Waals surface area contributed by atoms with E-state index in [0.29, 0.717) is 32.0 Å². The van der Waals surface area contributed by atoms with Crippen molar-refractivity contribution in [2.45, 2.75) is 38.0 Å². The summed E-state index contributed by atoms with van der Waals surface area (Å²) in [6.45, 7) is 4.43. The highest BCUT2D eigenvalue weighted by Crippen LogP contribution is 2.52. The average molecular weight is 566 g/mol. The molecule has 8 heteroatoms. The van der Waals surface area contributed by atoms with Crippen molar-refractivity contribution in [2.75, 3.05) is 26.2 Å². The van der Waals surface area contributed by atoms with Crippen LogP contribution in [0.15, 0.2) is 41.4 Å². The van der Waals surface area contributed by atoms with Gasteiger partial charge >= 0.3 is 0 Å². The van der Waals surface area contributed by atoms with E-state index in [0.717, 1.165) is 31.4 Å².